The van der Waals surface area contributed by atoms with Crippen molar-refractivity contribution in [2.45, 2.75) is 38.0 Å². The van der Waals surface area contributed by atoms with E-state index in [0.29, 0.717) is 18.5 Å². The van der Waals surface area contributed by atoms with Crippen LogP contribution in [0.3, 0.4) is 0 Å². The van der Waals surface area contributed by atoms with Crippen molar-refractivity contribution < 1.29 is 14.6 Å². The Kier molecular flexibility index (Phi) is 4.12. The third kappa shape index (κ3) is 3.19. The summed E-state index contributed by atoms with van der Waals surface area (Å²) in [6.45, 7) is 1.53. The first-order valence-electron chi connectivity index (χ1n) is 7.57. The Balaban J connectivity index is 1.61. The smallest absolute Gasteiger partial charge is 0.317 e. The molecule has 1 saturated heterocycles. The molecule has 2 fully saturated rings. The van der Waals surface area contributed by atoms with Crippen LogP contribution in [0.15, 0.2) is 24.3 Å². The van der Waals surface area contributed by atoms with Gasteiger partial charge >= 0.3 is 5.97 Å². The number of aliphatic carboxylic acids is 1. The number of fused-ring (bicyclic) bond motifs is 2. The Labute approximate surface area is 124 Å². The van der Waals surface area contributed by atoms with Gasteiger partial charge in [-0.1, -0.05) is 12.1 Å². The van der Waals surface area contributed by atoms with Gasteiger partial charge in [0.15, 0.2) is 0 Å². The topological polar surface area (TPSA) is 75.8 Å². The summed E-state index contributed by atoms with van der Waals surface area (Å²) in [5.41, 5.74) is 6.69. The SMILES string of the molecule is NCc1ccc(OC2CCC3CC2CN3CC(=O)O)cc1. The first-order valence-corrected chi connectivity index (χ1v) is 7.57. The second-order valence-electron chi connectivity index (χ2n) is 6.05. The fraction of sp³-hybridized carbons (Fsp3) is 0.562. The zero-order valence-electron chi connectivity index (χ0n) is 12.1. The van der Waals surface area contributed by atoms with Gasteiger partial charge in [-0.3, -0.25) is 9.69 Å². The number of nitrogens with zero attached hydrogens (tertiary/aromatic N) is 1. The molecule has 0 amide bonds. The van der Waals surface area contributed by atoms with Gasteiger partial charge in [-0.2, -0.15) is 0 Å². The number of hydrogen-bond acceptors (Lipinski definition) is 4. The second-order valence-corrected chi connectivity index (χ2v) is 6.05. The fourth-order valence-electron chi connectivity index (χ4n) is 3.59. The highest BCUT2D eigenvalue weighted by molar-refractivity contribution is 5.69. The summed E-state index contributed by atoms with van der Waals surface area (Å²) < 4.78 is 6.12. The van der Waals surface area contributed by atoms with E-state index in [-0.39, 0.29) is 12.6 Å². The van der Waals surface area contributed by atoms with E-state index in [0.717, 1.165) is 37.1 Å². The lowest BCUT2D eigenvalue weighted by Crippen LogP contribution is -2.34. The van der Waals surface area contributed by atoms with Crippen LogP contribution >= 0.6 is 0 Å². The van der Waals surface area contributed by atoms with E-state index in [1.165, 1.54) is 0 Å². The number of hydrogen-bond donors (Lipinski definition) is 2. The molecule has 1 aromatic carbocycles. The van der Waals surface area contributed by atoms with Crippen molar-refractivity contribution in [3.8, 4) is 5.75 Å². The number of rotatable bonds is 5. The fourth-order valence-corrected chi connectivity index (χ4v) is 3.59. The molecule has 5 heteroatoms. The summed E-state index contributed by atoms with van der Waals surface area (Å²) in [6.07, 6.45) is 3.28. The summed E-state index contributed by atoms with van der Waals surface area (Å²) in [7, 11) is 0. The van der Waals surface area contributed by atoms with Gasteiger partial charge in [0, 0.05) is 25.0 Å². The summed E-state index contributed by atoms with van der Waals surface area (Å²) in [5.74, 6) is 0.585. The number of carboxylic acids is 1. The van der Waals surface area contributed by atoms with Crippen LogP contribution in [0, 0.1) is 5.92 Å². The molecule has 0 radical (unpaired) electrons. The first kappa shape index (κ1) is 14.4. The van der Waals surface area contributed by atoms with Gasteiger partial charge < -0.3 is 15.6 Å². The zero-order chi connectivity index (χ0) is 14.8. The minimum atomic E-state index is -0.739. The number of carbonyl (C=O) groups is 1. The van der Waals surface area contributed by atoms with Gasteiger partial charge in [-0.05, 0) is 37.0 Å². The van der Waals surface area contributed by atoms with Crippen molar-refractivity contribution >= 4 is 5.97 Å². The van der Waals surface area contributed by atoms with Crippen LogP contribution in [0.2, 0.25) is 0 Å². The van der Waals surface area contributed by atoms with E-state index < -0.39 is 5.97 Å². The molecule has 0 spiro atoms. The Bertz CT molecular complexity index is 503. The third-order valence-corrected chi connectivity index (χ3v) is 4.66. The maximum Gasteiger partial charge on any atom is 0.317 e. The summed E-state index contributed by atoms with van der Waals surface area (Å²) in [6, 6.07) is 8.35. The van der Waals surface area contributed by atoms with Crippen molar-refractivity contribution in [3.05, 3.63) is 29.8 Å². The molecule has 0 aromatic heterocycles. The van der Waals surface area contributed by atoms with Crippen molar-refractivity contribution in [3.63, 3.8) is 0 Å². The van der Waals surface area contributed by atoms with Gasteiger partial charge in [-0.15, -0.1) is 0 Å². The van der Waals surface area contributed by atoms with Crippen molar-refractivity contribution in [1.82, 2.24) is 4.90 Å². The quantitative estimate of drug-likeness (QED) is 0.858. The lowest BCUT2D eigenvalue weighted by Gasteiger charge is -2.29. The minimum absolute atomic E-state index is 0.152. The molecule has 2 bridgehead atoms. The van der Waals surface area contributed by atoms with Gasteiger partial charge in [0.25, 0.3) is 0 Å². The zero-order valence-corrected chi connectivity index (χ0v) is 12.1. The monoisotopic (exact) mass is 290 g/mol. The van der Waals surface area contributed by atoms with E-state index in [2.05, 4.69) is 4.90 Å². The molecule has 2 aliphatic rings. The minimum Gasteiger partial charge on any atom is -0.490 e. The molecule has 21 heavy (non-hydrogen) atoms. The van der Waals surface area contributed by atoms with Crippen LogP contribution in [0.25, 0.3) is 0 Å². The van der Waals surface area contributed by atoms with Crippen molar-refractivity contribution in [2.24, 2.45) is 11.7 Å². The molecule has 3 rings (SSSR count). The Hall–Kier alpha value is -1.59. The predicted octanol–water partition coefficient (Wildman–Crippen LogP) is 1.46. The van der Waals surface area contributed by atoms with Crippen LogP contribution in [0.5, 0.6) is 5.75 Å². The largest absolute Gasteiger partial charge is 0.490 e. The first-order chi connectivity index (χ1) is 10.2. The third-order valence-electron chi connectivity index (χ3n) is 4.66. The average molecular weight is 290 g/mol. The van der Waals surface area contributed by atoms with Crippen LogP contribution in [0.1, 0.15) is 24.8 Å². The Morgan fingerprint density at radius 3 is 2.76 bits per heavy atom. The standard InChI is InChI=1S/C16H22N2O3/c17-8-11-1-4-14(5-2-11)21-15-6-3-13-7-12(15)9-18(13)10-16(19)20/h1-2,4-5,12-13,15H,3,6-10,17H2,(H,19,20). The molecular weight excluding hydrogens is 268 g/mol. The molecule has 3 N–H and O–H groups in total. The van der Waals surface area contributed by atoms with Gasteiger partial charge in [0.2, 0.25) is 0 Å². The highest BCUT2D eigenvalue weighted by Crippen LogP contribution is 2.37. The van der Waals surface area contributed by atoms with Crippen LogP contribution in [0.4, 0.5) is 0 Å². The van der Waals surface area contributed by atoms with Crippen LogP contribution < -0.4 is 10.5 Å². The number of ether oxygens (including phenoxy) is 1. The molecule has 1 heterocycles. The van der Waals surface area contributed by atoms with Gasteiger partial charge in [0.1, 0.15) is 11.9 Å². The molecule has 3 atom stereocenters. The van der Waals surface area contributed by atoms with Crippen LogP contribution in [-0.2, 0) is 11.3 Å². The number of likely N-dealkylation sites (tertiary alicyclic amines) is 1. The molecule has 3 unspecified atom stereocenters. The summed E-state index contributed by atoms with van der Waals surface area (Å²) in [5, 5.41) is 8.96. The maximum absolute atomic E-state index is 10.9. The van der Waals surface area contributed by atoms with E-state index in [9.17, 15) is 4.79 Å². The van der Waals surface area contributed by atoms with Crippen LogP contribution in [-0.4, -0.2) is 41.2 Å². The lowest BCUT2D eigenvalue weighted by atomic mass is 9.87. The highest BCUT2D eigenvalue weighted by Gasteiger charge is 2.42. The maximum atomic E-state index is 10.9. The van der Waals surface area contributed by atoms with E-state index >= 15 is 0 Å². The molecule has 1 aliphatic carbocycles. The summed E-state index contributed by atoms with van der Waals surface area (Å²) >= 11 is 0. The Morgan fingerprint density at radius 2 is 2.10 bits per heavy atom. The molecule has 1 aromatic rings. The van der Waals surface area contributed by atoms with E-state index in [4.69, 9.17) is 15.6 Å². The Morgan fingerprint density at radius 1 is 1.33 bits per heavy atom. The van der Waals surface area contributed by atoms with Crippen molar-refractivity contribution in [1.29, 1.82) is 0 Å². The molecular formula is C16H22N2O3. The second kappa shape index (κ2) is 6.03. The summed E-state index contributed by atoms with van der Waals surface area (Å²) in [4.78, 5) is 13.0. The normalized spacial score (nSPS) is 28.5. The highest BCUT2D eigenvalue weighted by atomic mass is 16.5. The average Bonchev–Trinajstić information content (AvgIpc) is 2.79. The van der Waals surface area contributed by atoms with E-state index in [1.54, 1.807) is 0 Å². The van der Waals surface area contributed by atoms with Gasteiger partial charge in [-0.25, -0.2) is 0 Å². The van der Waals surface area contributed by atoms with Gasteiger partial charge in [0.05, 0.1) is 6.54 Å². The predicted molar refractivity (Wildman–Crippen MR) is 79.1 cm³/mol. The molecule has 1 saturated carbocycles. The number of nitrogens with two attached hydrogens (primary N) is 1. The van der Waals surface area contributed by atoms with Crippen molar-refractivity contribution in [2.75, 3.05) is 13.1 Å². The molecule has 5 nitrogen and oxygen atoms in total. The number of carboxylic acid groups (broad SMARTS) is 1. The lowest BCUT2D eigenvalue weighted by molar-refractivity contribution is -0.138. The molecule has 1 aliphatic heterocycles. The molecule has 114 valence electrons. The van der Waals surface area contributed by atoms with E-state index in [1.807, 2.05) is 24.3 Å². The number of benzene rings is 1.